The highest BCUT2D eigenvalue weighted by atomic mass is 32.2. The quantitative estimate of drug-likeness (QED) is 0.618. The monoisotopic (exact) mass is 336 g/mol. The van der Waals surface area contributed by atoms with Crippen LogP contribution in [-0.4, -0.2) is 19.9 Å². The molecule has 0 heterocycles. The van der Waals surface area contributed by atoms with Gasteiger partial charge in [0.1, 0.15) is 5.75 Å². The summed E-state index contributed by atoms with van der Waals surface area (Å²) in [6.45, 7) is 2.26. The molecule has 0 unspecified atom stereocenters. The van der Waals surface area contributed by atoms with E-state index < -0.39 is 20.6 Å². The predicted molar refractivity (Wildman–Crippen MR) is 84.7 cm³/mol. The van der Waals surface area contributed by atoms with Gasteiger partial charge in [0, 0.05) is 18.2 Å². The fourth-order valence-corrected chi connectivity index (χ4v) is 3.21. The first-order chi connectivity index (χ1) is 11.0. The van der Waals surface area contributed by atoms with Gasteiger partial charge in [-0.25, -0.2) is 13.1 Å². The minimum atomic E-state index is -4.01. The Morgan fingerprint density at radius 3 is 2.48 bits per heavy atom. The van der Waals surface area contributed by atoms with Crippen LogP contribution in [0.1, 0.15) is 12.5 Å². The van der Waals surface area contributed by atoms with Crippen LogP contribution in [0.5, 0.6) is 5.75 Å². The van der Waals surface area contributed by atoms with E-state index in [4.69, 9.17) is 4.74 Å². The molecule has 0 aliphatic heterocycles. The van der Waals surface area contributed by atoms with Crippen LogP contribution in [0.4, 0.5) is 5.69 Å². The number of hydrogen-bond donors (Lipinski definition) is 1. The van der Waals surface area contributed by atoms with Crippen LogP contribution < -0.4 is 9.46 Å². The van der Waals surface area contributed by atoms with Crippen molar-refractivity contribution in [3.63, 3.8) is 0 Å². The van der Waals surface area contributed by atoms with Crippen molar-refractivity contribution in [2.75, 3.05) is 6.61 Å². The Hall–Kier alpha value is -2.45. The normalized spacial score (nSPS) is 11.2. The van der Waals surface area contributed by atoms with E-state index in [0.29, 0.717) is 17.9 Å². The Morgan fingerprint density at radius 2 is 1.78 bits per heavy atom. The van der Waals surface area contributed by atoms with E-state index in [1.807, 2.05) is 6.92 Å². The van der Waals surface area contributed by atoms with Crippen molar-refractivity contribution in [3.8, 4) is 5.75 Å². The molecule has 8 heteroatoms. The first-order valence-corrected chi connectivity index (χ1v) is 8.38. The number of benzene rings is 2. The highest BCUT2D eigenvalue weighted by Crippen LogP contribution is 2.24. The summed E-state index contributed by atoms with van der Waals surface area (Å²) in [5, 5.41) is 11.0. The van der Waals surface area contributed by atoms with Crippen LogP contribution in [0.15, 0.2) is 53.4 Å². The number of hydrogen-bond acceptors (Lipinski definition) is 5. The van der Waals surface area contributed by atoms with Gasteiger partial charge in [-0.3, -0.25) is 10.1 Å². The summed E-state index contributed by atoms with van der Waals surface area (Å²) in [6.07, 6.45) is 0. The van der Waals surface area contributed by atoms with Crippen molar-refractivity contribution < 1.29 is 18.1 Å². The summed E-state index contributed by atoms with van der Waals surface area (Å²) in [5.74, 6) is 0.570. The lowest BCUT2D eigenvalue weighted by molar-refractivity contribution is -0.387. The number of nitrogens with one attached hydrogen (secondary N) is 1. The molecule has 2 rings (SSSR count). The van der Waals surface area contributed by atoms with E-state index in [0.717, 1.165) is 6.07 Å². The molecule has 0 radical (unpaired) electrons. The predicted octanol–water partition coefficient (Wildman–Crippen LogP) is 2.47. The summed E-state index contributed by atoms with van der Waals surface area (Å²) < 4.78 is 32.5. The second-order valence-corrected chi connectivity index (χ2v) is 6.33. The molecule has 0 atom stereocenters. The average Bonchev–Trinajstić information content (AvgIpc) is 2.54. The van der Waals surface area contributed by atoms with Crippen LogP contribution in [0.25, 0.3) is 0 Å². The lowest BCUT2D eigenvalue weighted by Crippen LogP contribution is -2.24. The summed E-state index contributed by atoms with van der Waals surface area (Å²) in [7, 11) is -4.01. The number of sulfonamides is 1. The van der Waals surface area contributed by atoms with Gasteiger partial charge in [-0.2, -0.15) is 0 Å². The third-order valence-electron chi connectivity index (χ3n) is 3.08. The standard InChI is InChI=1S/C15H16N2O5S/c1-2-22-14-9-5-3-7-12(14)11-16-23(20,21)15-10-6-4-8-13(15)17(18)19/h3-10,16H,2,11H2,1H3. The smallest absolute Gasteiger partial charge is 0.289 e. The Balaban J connectivity index is 2.25. The lowest BCUT2D eigenvalue weighted by Gasteiger charge is -2.11. The summed E-state index contributed by atoms with van der Waals surface area (Å²) in [4.78, 5) is 9.89. The number of nitro groups is 1. The molecule has 2 aromatic rings. The van der Waals surface area contributed by atoms with Gasteiger partial charge in [0.25, 0.3) is 5.69 Å². The van der Waals surface area contributed by atoms with Crippen molar-refractivity contribution in [1.82, 2.24) is 4.72 Å². The van der Waals surface area contributed by atoms with E-state index in [1.54, 1.807) is 24.3 Å². The van der Waals surface area contributed by atoms with Crippen molar-refractivity contribution in [2.24, 2.45) is 0 Å². The molecule has 0 saturated heterocycles. The molecule has 7 nitrogen and oxygen atoms in total. The number of ether oxygens (including phenoxy) is 1. The molecule has 23 heavy (non-hydrogen) atoms. The second kappa shape index (κ2) is 7.21. The van der Waals surface area contributed by atoms with Crippen molar-refractivity contribution in [3.05, 3.63) is 64.2 Å². The van der Waals surface area contributed by atoms with Crippen molar-refractivity contribution >= 4 is 15.7 Å². The number of nitrogens with zero attached hydrogens (tertiary/aromatic N) is 1. The van der Waals surface area contributed by atoms with Gasteiger partial charge in [-0.1, -0.05) is 30.3 Å². The minimum Gasteiger partial charge on any atom is -0.494 e. The van der Waals surface area contributed by atoms with E-state index in [9.17, 15) is 18.5 Å². The van der Waals surface area contributed by atoms with Gasteiger partial charge < -0.3 is 4.74 Å². The van der Waals surface area contributed by atoms with Gasteiger partial charge in [0.2, 0.25) is 10.0 Å². The van der Waals surface area contributed by atoms with Crippen LogP contribution in [0.2, 0.25) is 0 Å². The highest BCUT2D eigenvalue weighted by Gasteiger charge is 2.24. The molecule has 0 aliphatic rings. The Morgan fingerprint density at radius 1 is 1.13 bits per heavy atom. The zero-order valence-electron chi connectivity index (χ0n) is 12.4. The maximum atomic E-state index is 12.3. The Labute approximate surface area is 134 Å². The van der Waals surface area contributed by atoms with Crippen LogP contribution in [0.3, 0.4) is 0 Å². The van der Waals surface area contributed by atoms with E-state index >= 15 is 0 Å². The molecule has 2 aromatic carbocycles. The molecule has 0 aromatic heterocycles. The van der Waals surface area contributed by atoms with E-state index in [1.165, 1.54) is 18.2 Å². The Kier molecular flexibility index (Phi) is 5.30. The second-order valence-electron chi connectivity index (χ2n) is 4.59. The largest absolute Gasteiger partial charge is 0.494 e. The molecule has 122 valence electrons. The zero-order valence-corrected chi connectivity index (χ0v) is 13.2. The van der Waals surface area contributed by atoms with Gasteiger partial charge in [0.05, 0.1) is 11.5 Å². The van der Waals surface area contributed by atoms with E-state index in [-0.39, 0.29) is 11.4 Å². The minimum absolute atomic E-state index is 0.0233. The molecular formula is C15H16N2O5S. The van der Waals surface area contributed by atoms with E-state index in [2.05, 4.69) is 4.72 Å². The van der Waals surface area contributed by atoms with Gasteiger partial charge >= 0.3 is 0 Å². The van der Waals surface area contributed by atoms with Crippen molar-refractivity contribution in [1.29, 1.82) is 0 Å². The maximum absolute atomic E-state index is 12.3. The zero-order chi connectivity index (χ0) is 16.9. The molecule has 0 fully saturated rings. The third-order valence-corrected chi connectivity index (χ3v) is 4.53. The fourth-order valence-electron chi connectivity index (χ4n) is 2.03. The van der Waals surface area contributed by atoms with Crippen molar-refractivity contribution in [2.45, 2.75) is 18.4 Å². The summed E-state index contributed by atoms with van der Waals surface area (Å²) >= 11 is 0. The van der Waals surface area contributed by atoms with Crippen LogP contribution in [0, 0.1) is 10.1 Å². The lowest BCUT2D eigenvalue weighted by atomic mass is 10.2. The van der Waals surface area contributed by atoms with Gasteiger partial charge in [-0.15, -0.1) is 0 Å². The average molecular weight is 336 g/mol. The molecule has 0 saturated carbocycles. The molecular weight excluding hydrogens is 320 g/mol. The van der Waals surface area contributed by atoms with Crippen LogP contribution in [-0.2, 0) is 16.6 Å². The summed E-state index contributed by atoms with van der Waals surface area (Å²) in [5.41, 5.74) is 0.189. The first-order valence-electron chi connectivity index (χ1n) is 6.89. The number of para-hydroxylation sites is 2. The highest BCUT2D eigenvalue weighted by molar-refractivity contribution is 7.89. The summed E-state index contributed by atoms with van der Waals surface area (Å²) in [6, 6.07) is 12.2. The molecule has 0 amide bonds. The molecule has 1 N–H and O–H groups in total. The number of nitro benzene ring substituents is 1. The SMILES string of the molecule is CCOc1ccccc1CNS(=O)(=O)c1ccccc1[N+](=O)[O-]. The molecule has 0 bridgehead atoms. The fraction of sp³-hybridized carbons (Fsp3) is 0.200. The van der Waals surface area contributed by atoms with Gasteiger partial charge in [-0.05, 0) is 19.1 Å². The Bertz CT molecular complexity index is 805. The first kappa shape index (κ1) is 16.9. The maximum Gasteiger partial charge on any atom is 0.289 e. The molecule has 0 aliphatic carbocycles. The molecule has 0 spiro atoms. The van der Waals surface area contributed by atoms with Gasteiger partial charge in [0.15, 0.2) is 4.90 Å². The third kappa shape index (κ3) is 4.05. The van der Waals surface area contributed by atoms with Crippen LogP contribution >= 0.6 is 0 Å². The topological polar surface area (TPSA) is 98.5 Å². The number of rotatable bonds is 7.